The predicted octanol–water partition coefficient (Wildman–Crippen LogP) is 5.27. The van der Waals surface area contributed by atoms with Crippen LogP contribution in [0.2, 0.25) is 0 Å². The highest BCUT2D eigenvalue weighted by Crippen LogP contribution is 2.32. The summed E-state index contributed by atoms with van der Waals surface area (Å²) in [5.74, 6) is -0.675. The lowest BCUT2D eigenvalue weighted by Gasteiger charge is -2.14. The fourth-order valence-corrected chi connectivity index (χ4v) is 9.85. The number of aryl methyl sites for hydroxylation is 2. The number of halogens is 4. The summed E-state index contributed by atoms with van der Waals surface area (Å²) < 4.78 is 52.3. The number of hydrogen-bond acceptors (Lipinski definition) is 12. The average Bonchev–Trinajstić information content (AvgIpc) is 1.61. The minimum absolute atomic E-state index is 0.115. The first kappa shape index (κ1) is 61.8. The molecule has 0 atom stereocenters. The lowest BCUT2D eigenvalue weighted by atomic mass is 9.75. The zero-order chi connectivity index (χ0) is 62.4. The minimum atomic E-state index is -4.69. The van der Waals surface area contributed by atoms with Gasteiger partial charge in [0.15, 0.2) is 0 Å². The highest BCUT2D eigenvalue weighted by Gasteiger charge is 2.36. The molecule has 0 fully saturated rings. The van der Waals surface area contributed by atoms with Gasteiger partial charge in [-0.2, -0.15) is 13.2 Å². The lowest BCUT2D eigenvalue weighted by Crippen LogP contribution is -2.36. The number of H-pyrrole nitrogens is 4. The maximum absolute atomic E-state index is 13.5. The van der Waals surface area contributed by atoms with E-state index in [9.17, 15) is 66.9 Å². The van der Waals surface area contributed by atoms with Gasteiger partial charge in [-0.3, -0.25) is 19.2 Å². The Hall–Kier alpha value is -9.74. The summed E-state index contributed by atoms with van der Waals surface area (Å²) in [4.78, 5) is 57.2. The Bertz CT molecular complexity index is 4790. The van der Waals surface area contributed by atoms with Gasteiger partial charge in [0.05, 0.1) is 5.56 Å². The van der Waals surface area contributed by atoms with Crippen molar-refractivity contribution in [1.29, 1.82) is 0 Å². The smallest absolute Gasteiger partial charge is 0.423 e. The summed E-state index contributed by atoms with van der Waals surface area (Å²) in [6.07, 6.45) is 1.59. The van der Waals surface area contributed by atoms with E-state index < -0.39 is 51.5 Å². The van der Waals surface area contributed by atoms with E-state index >= 15 is 0 Å². The quantitative estimate of drug-likeness (QED) is 0.0685. The van der Waals surface area contributed by atoms with Crippen molar-refractivity contribution in [3.63, 3.8) is 0 Å². The second kappa shape index (κ2) is 26.3. The normalized spacial score (nSPS) is 11.1. The third-order valence-electron chi connectivity index (χ3n) is 14.3. The Balaban J connectivity index is 0.000000139. The molecular formula is C63H50B4F4N4O12. The Labute approximate surface area is 492 Å². The van der Waals surface area contributed by atoms with E-state index in [0.29, 0.717) is 54.5 Å². The SMILES string of the molecule is Cc1cc(B(O)O)cc(-c2ccc3c(=O)[nH]ccc3c2)c1.Cc1ccc(B(O)O)cc1-c1ccc2c(=O)[nH]ccc2c1.O=c1[nH]ccc2cc(-c3ccc(C(F)(F)F)c(B(O)O)c3)ccc12.O=c1[nH]ccc2cc(-c3ccc(F)c(B(O)O)c3)ccc12. The van der Waals surface area contributed by atoms with E-state index in [4.69, 9.17) is 10.0 Å². The molecule has 4 aromatic heterocycles. The molecule has 4 heterocycles. The second-order valence-electron chi connectivity index (χ2n) is 20.2. The molecule has 12 rings (SSSR count). The van der Waals surface area contributed by atoms with Crippen LogP contribution in [0.4, 0.5) is 17.6 Å². The molecule has 12 N–H and O–H groups in total. The van der Waals surface area contributed by atoms with E-state index in [1.165, 1.54) is 24.4 Å². The molecule has 0 bridgehead atoms. The summed E-state index contributed by atoms with van der Waals surface area (Å²) >= 11 is 0. The molecule has 87 heavy (non-hydrogen) atoms. The molecule has 12 aromatic rings. The van der Waals surface area contributed by atoms with Gasteiger partial charge in [-0.25, -0.2) is 4.39 Å². The predicted molar refractivity (Wildman–Crippen MR) is 334 cm³/mol. The van der Waals surface area contributed by atoms with E-state index in [0.717, 1.165) is 67.2 Å². The maximum Gasteiger partial charge on any atom is 0.491 e. The van der Waals surface area contributed by atoms with Crippen LogP contribution in [0.25, 0.3) is 87.6 Å². The molecule has 8 aromatic carbocycles. The van der Waals surface area contributed by atoms with Crippen LogP contribution in [0.1, 0.15) is 16.7 Å². The van der Waals surface area contributed by atoms with Gasteiger partial charge in [-0.1, -0.05) is 90.5 Å². The highest BCUT2D eigenvalue weighted by molar-refractivity contribution is 6.60. The zero-order valence-electron chi connectivity index (χ0n) is 46.0. The van der Waals surface area contributed by atoms with E-state index in [2.05, 4.69) is 19.9 Å². The van der Waals surface area contributed by atoms with Gasteiger partial charge in [0.2, 0.25) is 0 Å². The van der Waals surface area contributed by atoms with Crippen LogP contribution in [0.3, 0.4) is 0 Å². The molecule has 0 saturated carbocycles. The molecule has 0 aliphatic carbocycles. The topological polar surface area (TPSA) is 293 Å². The Morgan fingerprint density at radius 3 is 1.16 bits per heavy atom. The highest BCUT2D eigenvalue weighted by atomic mass is 19.4. The Morgan fingerprint density at radius 2 is 0.736 bits per heavy atom. The number of nitrogens with one attached hydrogen (secondary N) is 4. The number of fused-ring (bicyclic) bond motifs is 4. The van der Waals surface area contributed by atoms with Gasteiger partial charge < -0.3 is 60.1 Å². The maximum atomic E-state index is 13.5. The summed E-state index contributed by atoms with van der Waals surface area (Å²) in [6.45, 7) is 3.87. The average molecular weight is 1170 g/mol. The third kappa shape index (κ3) is 14.3. The first-order valence-corrected chi connectivity index (χ1v) is 26.6. The van der Waals surface area contributed by atoms with Crippen LogP contribution in [-0.2, 0) is 6.18 Å². The van der Waals surface area contributed by atoms with Gasteiger partial charge in [0.25, 0.3) is 22.2 Å². The summed E-state index contributed by atoms with van der Waals surface area (Å²) in [6, 6.07) is 46.3. The molecule has 16 nitrogen and oxygen atoms in total. The second-order valence-corrected chi connectivity index (χ2v) is 20.2. The number of benzene rings is 8. The monoisotopic (exact) mass is 1170 g/mol. The minimum Gasteiger partial charge on any atom is -0.423 e. The van der Waals surface area contributed by atoms with Gasteiger partial charge in [-0.15, -0.1) is 0 Å². The summed E-state index contributed by atoms with van der Waals surface area (Å²) in [5, 5.41) is 79.5. The van der Waals surface area contributed by atoms with Crippen LogP contribution in [0.15, 0.2) is 214 Å². The number of pyridine rings is 4. The van der Waals surface area contributed by atoms with Crippen LogP contribution in [-0.4, -0.2) is 88.6 Å². The molecule has 24 heteroatoms. The molecule has 0 aliphatic heterocycles. The zero-order valence-corrected chi connectivity index (χ0v) is 46.0. The van der Waals surface area contributed by atoms with E-state index in [1.54, 1.807) is 110 Å². The van der Waals surface area contributed by atoms with Crippen LogP contribution >= 0.6 is 0 Å². The Kier molecular flexibility index (Phi) is 18.7. The molecule has 0 aliphatic rings. The fraction of sp³-hybridized carbons (Fsp3) is 0.0476. The number of hydrogen-bond donors (Lipinski definition) is 12. The van der Waals surface area contributed by atoms with Crippen molar-refractivity contribution in [3.05, 3.63) is 259 Å². The first-order valence-electron chi connectivity index (χ1n) is 26.6. The van der Waals surface area contributed by atoms with Gasteiger partial charge >= 0.3 is 34.6 Å². The van der Waals surface area contributed by atoms with Crippen molar-refractivity contribution in [2.24, 2.45) is 0 Å². The number of aromatic nitrogens is 4. The van der Waals surface area contributed by atoms with Crippen molar-refractivity contribution < 1.29 is 57.8 Å². The third-order valence-corrected chi connectivity index (χ3v) is 14.3. The van der Waals surface area contributed by atoms with Gasteiger partial charge in [0, 0.05) is 51.8 Å². The number of rotatable bonds is 8. The molecule has 0 radical (unpaired) electrons. The van der Waals surface area contributed by atoms with Crippen molar-refractivity contribution in [3.8, 4) is 44.5 Å². The van der Waals surface area contributed by atoms with Crippen molar-refractivity contribution >= 4 is 93.4 Å². The molecule has 0 amide bonds. The largest absolute Gasteiger partial charge is 0.491 e. The van der Waals surface area contributed by atoms with Crippen molar-refractivity contribution in [1.82, 2.24) is 19.9 Å². The van der Waals surface area contributed by atoms with Crippen LogP contribution in [0, 0.1) is 19.7 Å². The molecule has 0 unspecified atom stereocenters. The van der Waals surface area contributed by atoms with Crippen LogP contribution < -0.4 is 44.1 Å². The molecule has 0 saturated heterocycles. The van der Waals surface area contributed by atoms with Crippen molar-refractivity contribution in [2.75, 3.05) is 0 Å². The number of aromatic amines is 4. The van der Waals surface area contributed by atoms with Gasteiger partial charge in [0.1, 0.15) is 5.82 Å². The first-order chi connectivity index (χ1) is 41.4. The fourth-order valence-electron chi connectivity index (χ4n) is 9.85. The Morgan fingerprint density at radius 1 is 0.356 bits per heavy atom. The van der Waals surface area contributed by atoms with E-state index in [-0.39, 0.29) is 27.7 Å². The summed E-state index contributed by atoms with van der Waals surface area (Å²) in [5.41, 5.74) is 6.32. The number of alkyl halides is 3. The van der Waals surface area contributed by atoms with Crippen molar-refractivity contribution in [2.45, 2.75) is 20.0 Å². The molecule has 0 spiro atoms. The standard InChI is InChI=1S/C16H11BF3NO3.2C16H14BNO3.C15H11BFNO3/c18-16(19,20)13-4-2-10(8-14(13)17(23)24)9-1-3-12-11(7-9)5-6-21-15(12)22;1-10-2-4-13(17(20)21)9-15(10)11-3-5-14-12(8-11)6-7-18-16(14)19;1-10-6-13(9-14(7-10)17(20)21)11-2-3-15-12(8-11)4-5-18-16(15)19;17-14-4-2-10(8-13(14)16(20)21)9-1-3-12-11(7-9)5-6-18-15(12)19/h1-8,23-24H,(H,21,22);2*2-9,20-21H,1H3,(H,18,19);1-8,20-21H,(H,18,19). The molecule has 434 valence electrons. The molecular weight excluding hydrogens is 1120 g/mol. The van der Waals surface area contributed by atoms with Crippen LogP contribution in [0.5, 0.6) is 0 Å². The van der Waals surface area contributed by atoms with Gasteiger partial charge in [-0.05, 0) is 187 Å². The summed E-state index contributed by atoms with van der Waals surface area (Å²) in [7, 11) is -7.10. The van der Waals surface area contributed by atoms with E-state index in [1.807, 2.05) is 62.4 Å². The lowest BCUT2D eigenvalue weighted by molar-refractivity contribution is -0.136.